The molecule has 2 saturated heterocycles. The van der Waals surface area contributed by atoms with Crippen LogP contribution in [0.3, 0.4) is 0 Å². The van der Waals surface area contributed by atoms with Gasteiger partial charge >= 0.3 is 11.9 Å². The maximum atomic E-state index is 13.3. The predicted octanol–water partition coefficient (Wildman–Crippen LogP) is 5.09. The Morgan fingerprint density at radius 3 is 1.95 bits per heavy atom. The first-order valence-electron chi connectivity index (χ1n) is 20.4. The molecule has 0 saturated carbocycles. The maximum absolute atomic E-state index is 13.3. The molecule has 2 aliphatic rings. The number of nitrogen functional groups attached to an aromatic ring is 2. The number of benzene rings is 2. The number of likely N-dealkylation sites (N-methyl/N-ethyl adjacent to an activating group) is 1. The van der Waals surface area contributed by atoms with Crippen molar-refractivity contribution in [3.8, 4) is 11.5 Å². The summed E-state index contributed by atoms with van der Waals surface area (Å²) in [6.45, 7) is 4.74. The summed E-state index contributed by atoms with van der Waals surface area (Å²) in [5.74, 6) is -0.530. The number of pyridine rings is 2. The summed E-state index contributed by atoms with van der Waals surface area (Å²) in [4.78, 5) is 62.9. The van der Waals surface area contributed by atoms with Crippen LogP contribution in [0.5, 0.6) is 11.5 Å². The van der Waals surface area contributed by atoms with Gasteiger partial charge in [0.1, 0.15) is 34.4 Å². The first-order chi connectivity index (χ1) is 29.9. The Labute approximate surface area is 358 Å². The predicted molar refractivity (Wildman–Crippen MR) is 233 cm³/mol. The van der Waals surface area contributed by atoms with Crippen molar-refractivity contribution in [2.75, 3.05) is 75.0 Å². The van der Waals surface area contributed by atoms with E-state index in [0.29, 0.717) is 24.5 Å². The molecule has 62 heavy (non-hydrogen) atoms. The molecule has 2 aliphatic heterocycles. The molecule has 0 spiro atoms. The number of para-hydroxylation sites is 1. The Kier molecular flexibility index (Phi) is 15.7. The summed E-state index contributed by atoms with van der Waals surface area (Å²) in [6, 6.07) is 17.7. The molecule has 326 valence electrons. The van der Waals surface area contributed by atoms with Gasteiger partial charge in [0.15, 0.2) is 23.1 Å². The molecule has 4 heterocycles. The third-order valence-corrected chi connectivity index (χ3v) is 10.0. The number of likely N-dealkylation sites (tertiary alicyclic amines) is 2. The zero-order valence-corrected chi connectivity index (χ0v) is 34.8. The number of hydrogen-bond donors (Lipinski definition) is 6. The number of aromatic nitrogens is 2. The Hall–Kier alpha value is -6.74. The zero-order chi connectivity index (χ0) is 44.0. The third-order valence-electron chi connectivity index (χ3n) is 10.0. The van der Waals surface area contributed by atoms with Crippen LogP contribution in [0.1, 0.15) is 50.5 Å². The lowest BCUT2D eigenvalue weighted by Crippen LogP contribution is -2.39. The van der Waals surface area contributed by atoms with E-state index in [1.807, 2.05) is 17.0 Å². The minimum atomic E-state index is -0.736. The molecule has 20 heteroatoms. The average Bonchev–Trinajstić information content (AvgIpc) is 3.24. The SMILES string of the molecule is CNCC(=O)Nc1ccc(/N=N/c2ccccc2OC(=O)CN2CCCC(c3ccc(OC(=O)CN4CCCCC4)c(/N=N/c4ccc(NC(=O)[C@H](C)N)nc4N)c3)C2)c(N)n1. The number of ether oxygens (including phenoxy) is 2. The van der Waals surface area contributed by atoms with Gasteiger partial charge in [0.25, 0.3) is 0 Å². The van der Waals surface area contributed by atoms with Crippen molar-refractivity contribution >= 4 is 69.8 Å². The number of hydrogen-bond acceptors (Lipinski definition) is 18. The van der Waals surface area contributed by atoms with E-state index in [-0.39, 0.29) is 77.6 Å². The fourth-order valence-corrected chi connectivity index (χ4v) is 6.89. The lowest BCUT2D eigenvalue weighted by molar-refractivity contribution is -0.136. The molecule has 2 atom stereocenters. The monoisotopic (exact) mass is 848 g/mol. The van der Waals surface area contributed by atoms with Crippen molar-refractivity contribution in [1.29, 1.82) is 0 Å². The fourth-order valence-electron chi connectivity index (χ4n) is 6.89. The van der Waals surface area contributed by atoms with E-state index in [1.54, 1.807) is 62.5 Å². The fraction of sp³-hybridized carbons (Fsp3) is 0.381. The van der Waals surface area contributed by atoms with Crippen molar-refractivity contribution in [2.24, 2.45) is 26.2 Å². The average molecular weight is 849 g/mol. The van der Waals surface area contributed by atoms with E-state index in [9.17, 15) is 19.2 Å². The van der Waals surface area contributed by atoms with Gasteiger partial charge < -0.3 is 42.6 Å². The van der Waals surface area contributed by atoms with E-state index in [1.165, 1.54) is 6.07 Å². The van der Waals surface area contributed by atoms with Gasteiger partial charge in [0.05, 0.1) is 25.7 Å². The van der Waals surface area contributed by atoms with Crippen LogP contribution in [0.15, 0.2) is 87.2 Å². The van der Waals surface area contributed by atoms with E-state index in [4.69, 9.17) is 26.7 Å². The molecule has 1 unspecified atom stereocenters. The number of carbonyl (C=O) groups is 4. The van der Waals surface area contributed by atoms with E-state index in [0.717, 1.165) is 50.8 Å². The lowest BCUT2D eigenvalue weighted by Gasteiger charge is -2.32. The van der Waals surface area contributed by atoms with Crippen molar-refractivity contribution in [3.05, 3.63) is 72.3 Å². The van der Waals surface area contributed by atoms with Gasteiger partial charge in [-0.2, -0.15) is 0 Å². The van der Waals surface area contributed by atoms with E-state index in [2.05, 4.69) is 51.3 Å². The number of carbonyl (C=O) groups excluding carboxylic acids is 4. The van der Waals surface area contributed by atoms with Gasteiger partial charge in [-0.3, -0.25) is 29.0 Å². The molecular formula is C42H52N14O6. The van der Waals surface area contributed by atoms with E-state index >= 15 is 0 Å². The summed E-state index contributed by atoms with van der Waals surface area (Å²) in [5.41, 5.74) is 20.0. The maximum Gasteiger partial charge on any atom is 0.325 e. The molecule has 2 fully saturated rings. The number of nitrogens with one attached hydrogen (secondary N) is 3. The lowest BCUT2D eigenvalue weighted by atomic mass is 9.90. The highest BCUT2D eigenvalue weighted by Crippen LogP contribution is 2.37. The quantitative estimate of drug-likeness (QED) is 0.0487. The highest BCUT2D eigenvalue weighted by molar-refractivity contribution is 5.94. The molecule has 9 N–H and O–H groups in total. The first-order valence-corrected chi connectivity index (χ1v) is 20.4. The summed E-state index contributed by atoms with van der Waals surface area (Å²) >= 11 is 0. The second-order valence-electron chi connectivity index (χ2n) is 15.0. The van der Waals surface area contributed by atoms with Gasteiger partial charge in [0, 0.05) is 6.54 Å². The van der Waals surface area contributed by atoms with Crippen LogP contribution in [-0.2, 0) is 19.2 Å². The minimum Gasteiger partial charge on any atom is -0.423 e. The van der Waals surface area contributed by atoms with Gasteiger partial charge in [-0.15, -0.1) is 20.5 Å². The Morgan fingerprint density at radius 2 is 1.31 bits per heavy atom. The molecule has 2 aromatic heterocycles. The number of esters is 2. The Balaban J connectivity index is 1.13. The Morgan fingerprint density at radius 1 is 0.726 bits per heavy atom. The van der Waals surface area contributed by atoms with Crippen molar-refractivity contribution in [3.63, 3.8) is 0 Å². The molecular weight excluding hydrogens is 797 g/mol. The van der Waals surface area contributed by atoms with Gasteiger partial charge in [-0.05, 0) is 119 Å². The molecule has 0 aliphatic carbocycles. The molecule has 20 nitrogen and oxygen atoms in total. The largest absolute Gasteiger partial charge is 0.423 e. The normalized spacial score (nSPS) is 16.5. The summed E-state index contributed by atoms with van der Waals surface area (Å²) in [6.07, 6.45) is 4.86. The summed E-state index contributed by atoms with van der Waals surface area (Å²) in [7, 11) is 1.66. The van der Waals surface area contributed by atoms with Crippen LogP contribution in [-0.4, -0.2) is 102 Å². The van der Waals surface area contributed by atoms with Crippen molar-refractivity contribution in [1.82, 2.24) is 25.1 Å². The molecule has 0 radical (unpaired) electrons. The number of anilines is 4. The molecule has 4 aromatic rings. The topological polar surface area (TPSA) is 283 Å². The highest BCUT2D eigenvalue weighted by Gasteiger charge is 2.26. The van der Waals surface area contributed by atoms with Crippen molar-refractivity contribution in [2.45, 2.75) is 51.0 Å². The number of amides is 2. The summed E-state index contributed by atoms with van der Waals surface area (Å²) < 4.78 is 11.6. The number of azo groups is 2. The van der Waals surface area contributed by atoms with Gasteiger partial charge in [0.2, 0.25) is 11.8 Å². The molecule has 2 aromatic carbocycles. The number of rotatable bonds is 16. The third kappa shape index (κ3) is 12.9. The van der Waals surface area contributed by atoms with Crippen molar-refractivity contribution < 1.29 is 28.7 Å². The smallest absolute Gasteiger partial charge is 0.325 e. The standard InChI is InChI=1S/C42H52N14O6/c1-26(43)42(60)50-36-17-14-31(41(45)49-36)53-54-32-21-27(12-15-34(32)62-38(58)24-55-18-6-3-7-19-55)28-9-8-20-56(23-28)25-39(59)61-33-11-5-4-10-29(33)51-52-30-13-16-35(48-40(30)44)47-37(57)22-46-2/h4-5,10-17,21,26,28,46H,3,6-9,18-20,22-25,43H2,1-2H3,(H3,44,47,48,57)(H3,45,49,50,60)/b52-51+,54-53+/t26-,28?/m0/s1. The van der Waals surface area contributed by atoms with Crippen LogP contribution in [0.4, 0.5) is 46.0 Å². The van der Waals surface area contributed by atoms with Crippen LogP contribution in [0.25, 0.3) is 0 Å². The van der Waals surface area contributed by atoms with Gasteiger partial charge in [-0.1, -0.05) is 24.6 Å². The number of piperidine rings is 2. The van der Waals surface area contributed by atoms with Gasteiger partial charge in [-0.25, -0.2) is 9.97 Å². The van der Waals surface area contributed by atoms with Crippen LogP contribution >= 0.6 is 0 Å². The number of nitrogens with two attached hydrogens (primary N) is 3. The summed E-state index contributed by atoms with van der Waals surface area (Å²) in [5, 5.41) is 25.3. The second-order valence-corrected chi connectivity index (χ2v) is 15.0. The molecule has 0 bridgehead atoms. The first kappa shape index (κ1) is 44.8. The number of nitrogens with zero attached hydrogens (tertiary/aromatic N) is 8. The molecule has 6 rings (SSSR count). The van der Waals surface area contributed by atoms with E-state index < -0.39 is 23.9 Å². The van der Waals surface area contributed by atoms with Crippen LogP contribution < -0.4 is 42.6 Å². The molecule has 2 amide bonds. The van der Waals surface area contributed by atoms with Crippen LogP contribution in [0.2, 0.25) is 0 Å². The second kappa shape index (κ2) is 21.7. The Bertz CT molecular complexity index is 2300. The highest BCUT2D eigenvalue weighted by atomic mass is 16.5. The zero-order valence-electron chi connectivity index (χ0n) is 34.8. The minimum absolute atomic E-state index is 0.00587. The van der Waals surface area contributed by atoms with Crippen LogP contribution in [0, 0.1) is 0 Å².